The van der Waals surface area contributed by atoms with Crippen molar-refractivity contribution in [3.8, 4) is 0 Å². The van der Waals surface area contributed by atoms with Crippen LogP contribution in [0.5, 0.6) is 0 Å². The highest BCUT2D eigenvalue weighted by molar-refractivity contribution is 5.32. The summed E-state index contributed by atoms with van der Waals surface area (Å²) in [6.07, 6.45) is 1.96. The van der Waals surface area contributed by atoms with Gasteiger partial charge < -0.3 is 9.73 Å². The van der Waals surface area contributed by atoms with Crippen molar-refractivity contribution < 1.29 is 9.34 Å². The smallest absolute Gasteiger partial charge is 0.404 e. The molecule has 1 aromatic carbocycles. The van der Waals surface area contributed by atoms with E-state index >= 15 is 0 Å². The molecule has 0 aliphatic rings. The predicted octanol–water partition coefficient (Wildman–Crippen LogP) is 3.84. The van der Waals surface area contributed by atoms with Crippen LogP contribution in [0.25, 0.3) is 0 Å². The Bertz CT molecular complexity index is 590. The summed E-state index contributed by atoms with van der Waals surface area (Å²) in [4.78, 5) is 10.2. The third-order valence-corrected chi connectivity index (χ3v) is 3.40. The van der Waals surface area contributed by atoms with Crippen LogP contribution in [0.1, 0.15) is 43.2 Å². The number of nitrogens with zero attached hydrogens (tertiary/aromatic N) is 1. The van der Waals surface area contributed by atoms with Crippen LogP contribution in [-0.4, -0.2) is 11.5 Å². The first-order valence-electron chi connectivity index (χ1n) is 7.22. The van der Waals surface area contributed by atoms with E-state index in [2.05, 4.69) is 31.3 Å². The number of hydrogen-bond acceptors (Lipinski definition) is 4. The molecule has 112 valence electrons. The van der Waals surface area contributed by atoms with Gasteiger partial charge in [0.25, 0.3) is 0 Å². The fourth-order valence-corrected chi connectivity index (χ4v) is 2.21. The molecule has 0 spiro atoms. The second kappa shape index (κ2) is 7.04. The molecule has 1 aromatic heterocycles. The van der Waals surface area contributed by atoms with Gasteiger partial charge in [-0.05, 0) is 36.6 Å². The summed E-state index contributed by atoms with van der Waals surface area (Å²) in [5, 5.41) is 14.1. The molecule has 0 radical (unpaired) electrons. The van der Waals surface area contributed by atoms with Crippen molar-refractivity contribution in [1.82, 2.24) is 5.32 Å². The maximum Gasteiger partial charge on any atom is 0.433 e. The van der Waals surface area contributed by atoms with E-state index in [1.54, 1.807) is 6.07 Å². The quantitative estimate of drug-likeness (QED) is 0.621. The molecule has 0 saturated heterocycles. The number of nitrogens with one attached hydrogen (secondary N) is 1. The number of rotatable bonds is 7. The Balaban J connectivity index is 2.29. The van der Waals surface area contributed by atoms with E-state index in [9.17, 15) is 10.1 Å². The van der Waals surface area contributed by atoms with E-state index in [0.717, 1.165) is 24.9 Å². The van der Waals surface area contributed by atoms with Crippen molar-refractivity contribution in [2.45, 2.75) is 32.7 Å². The number of nitro groups is 1. The molecule has 1 N–H and O–H groups in total. The molecule has 0 bridgehead atoms. The maximum absolute atomic E-state index is 10.8. The Labute approximate surface area is 124 Å². The van der Waals surface area contributed by atoms with Gasteiger partial charge in [-0.1, -0.05) is 38.1 Å². The molecule has 0 aliphatic heterocycles. The summed E-state index contributed by atoms with van der Waals surface area (Å²) in [5.74, 6) is 0.345. The van der Waals surface area contributed by atoms with Gasteiger partial charge in [0.2, 0.25) is 0 Å². The summed E-state index contributed by atoms with van der Waals surface area (Å²) in [6.45, 7) is 5.00. The van der Waals surface area contributed by atoms with Crippen molar-refractivity contribution in [3.63, 3.8) is 0 Å². The first kappa shape index (κ1) is 15.3. The van der Waals surface area contributed by atoms with E-state index in [0.29, 0.717) is 5.76 Å². The van der Waals surface area contributed by atoms with Crippen LogP contribution in [0.4, 0.5) is 5.88 Å². The highest BCUT2D eigenvalue weighted by Crippen LogP contribution is 2.27. The number of benzene rings is 1. The zero-order chi connectivity index (χ0) is 15.2. The molecule has 1 heterocycles. The Morgan fingerprint density at radius 3 is 2.43 bits per heavy atom. The lowest BCUT2D eigenvalue weighted by Crippen LogP contribution is -2.22. The molecule has 0 aliphatic carbocycles. The summed E-state index contributed by atoms with van der Waals surface area (Å²) < 4.78 is 5.35. The lowest BCUT2D eigenvalue weighted by Gasteiger charge is -2.16. The van der Waals surface area contributed by atoms with Gasteiger partial charge in [-0.2, -0.15) is 0 Å². The largest absolute Gasteiger partial charge is 0.433 e. The minimum Gasteiger partial charge on any atom is -0.404 e. The van der Waals surface area contributed by atoms with Gasteiger partial charge in [-0.3, -0.25) is 10.1 Å². The summed E-state index contributed by atoms with van der Waals surface area (Å²) in [5.41, 5.74) is 2.31. The van der Waals surface area contributed by atoms with Crippen LogP contribution in [0.3, 0.4) is 0 Å². The lowest BCUT2D eigenvalue weighted by molar-refractivity contribution is -0.402. The van der Waals surface area contributed by atoms with Crippen LogP contribution in [0.15, 0.2) is 40.8 Å². The minimum atomic E-state index is -0.513. The topological polar surface area (TPSA) is 68.3 Å². The highest BCUT2D eigenvalue weighted by atomic mass is 16.6. The van der Waals surface area contributed by atoms with Crippen molar-refractivity contribution in [2.24, 2.45) is 0 Å². The van der Waals surface area contributed by atoms with Crippen LogP contribution in [-0.2, 0) is 6.42 Å². The SMILES string of the molecule is CCCNC(c1ccc(CC)cc1)c1ccc([N+](=O)[O-])o1. The molecule has 5 nitrogen and oxygen atoms in total. The van der Waals surface area contributed by atoms with Crippen molar-refractivity contribution in [1.29, 1.82) is 0 Å². The van der Waals surface area contributed by atoms with Crippen molar-refractivity contribution in [3.05, 3.63) is 63.4 Å². The van der Waals surface area contributed by atoms with Crippen molar-refractivity contribution in [2.75, 3.05) is 6.54 Å². The fourth-order valence-electron chi connectivity index (χ4n) is 2.21. The Morgan fingerprint density at radius 1 is 1.19 bits per heavy atom. The fraction of sp³-hybridized carbons (Fsp3) is 0.375. The second-order valence-corrected chi connectivity index (χ2v) is 4.92. The molecule has 1 atom stereocenters. The molecule has 0 amide bonds. The maximum atomic E-state index is 10.8. The van der Waals surface area contributed by atoms with Gasteiger partial charge in [0.05, 0.1) is 12.1 Å². The van der Waals surface area contributed by atoms with E-state index < -0.39 is 4.92 Å². The van der Waals surface area contributed by atoms with Gasteiger partial charge >= 0.3 is 5.88 Å². The standard InChI is InChI=1S/C16H20N2O3/c1-3-11-17-16(13-7-5-12(4-2)6-8-13)14-9-10-15(21-14)18(19)20/h5-10,16-17H,3-4,11H2,1-2H3. The monoisotopic (exact) mass is 288 g/mol. The summed E-state index contributed by atoms with van der Waals surface area (Å²) >= 11 is 0. The first-order chi connectivity index (χ1) is 10.2. The number of furan rings is 1. The van der Waals surface area contributed by atoms with Gasteiger partial charge in [0.1, 0.15) is 10.7 Å². The third-order valence-electron chi connectivity index (χ3n) is 3.40. The highest BCUT2D eigenvalue weighted by Gasteiger charge is 2.20. The Hall–Kier alpha value is -2.14. The van der Waals surface area contributed by atoms with E-state index in [-0.39, 0.29) is 11.9 Å². The zero-order valence-electron chi connectivity index (χ0n) is 12.3. The molecular weight excluding hydrogens is 268 g/mol. The molecule has 1 unspecified atom stereocenters. The molecular formula is C16H20N2O3. The first-order valence-corrected chi connectivity index (χ1v) is 7.22. The Kier molecular flexibility index (Phi) is 5.11. The number of aryl methyl sites for hydroxylation is 1. The van der Waals surface area contributed by atoms with E-state index in [1.807, 2.05) is 12.1 Å². The van der Waals surface area contributed by atoms with Crippen LogP contribution in [0, 0.1) is 10.1 Å². The zero-order valence-corrected chi connectivity index (χ0v) is 12.3. The molecule has 2 rings (SSSR count). The van der Waals surface area contributed by atoms with Gasteiger partial charge in [0.15, 0.2) is 0 Å². The summed E-state index contributed by atoms with van der Waals surface area (Å²) in [7, 11) is 0. The van der Waals surface area contributed by atoms with Crippen LogP contribution in [0.2, 0.25) is 0 Å². The third kappa shape index (κ3) is 3.70. The minimum absolute atomic E-state index is 0.162. The van der Waals surface area contributed by atoms with Gasteiger partial charge in [0, 0.05) is 0 Å². The summed E-state index contributed by atoms with van der Waals surface area (Å²) in [6, 6.07) is 11.1. The molecule has 0 fully saturated rings. The van der Waals surface area contributed by atoms with Crippen LogP contribution >= 0.6 is 0 Å². The number of hydrogen-bond donors (Lipinski definition) is 1. The predicted molar refractivity (Wildman–Crippen MR) is 81.3 cm³/mol. The van der Waals surface area contributed by atoms with Crippen LogP contribution < -0.4 is 5.32 Å². The average molecular weight is 288 g/mol. The van der Waals surface area contributed by atoms with Gasteiger partial charge in [-0.15, -0.1) is 0 Å². The molecule has 2 aromatic rings. The van der Waals surface area contributed by atoms with Crippen molar-refractivity contribution >= 4 is 5.88 Å². The second-order valence-electron chi connectivity index (χ2n) is 4.92. The lowest BCUT2D eigenvalue weighted by atomic mass is 10.0. The Morgan fingerprint density at radius 2 is 1.90 bits per heavy atom. The van der Waals surface area contributed by atoms with E-state index in [1.165, 1.54) is 11.6 Å². The normalized spacial score (nSPS) is 12.3. The molecule has 0 saturated carbocycles. The average Bonchev–Trinajstić information content (AvgIpc) is 2.98. The van der Waals surface area contributed by atoms with Gasteiger partial charge in [-0.25, -0.2) is 0 Å². The molecule has 21 heavy (non-hydrogen) atoms. The van der Waals surface area contributed by atoms with E-state index in [4.69, 9.17) is 4.42 Å². The molecule has 5 heteroatoms.